The van der Waals surface area contributed by atoms with Crippen LogP contribution in [0.15, 0.2) is 0 Å². The van der Waals surface area contributed by atoms with E-state index in [9.17, 15) is 14.4 Å². The molecule has 1 heterocycles. The Morgan fingerprint density at radius 1 is 1.53 bits per heavy atom. The second-order valence-electron chi connectivity index (χ2n) is 4.10. The highest BCUT2D eigenvalue weighted by Gasteiger charge is 2.29. The Morgan fingerprint density at radius 3 is 2.76 bits per heavy atom. The monoisotopic (exact) mass is 242 g/mol. The van der Waals surface area contributed by atoms with Crippen LogP contribution in [-0.2, 0) is 19.1 Å². The van der Waals surface area contributed by atoms with Crippen molar-refractivity contribution >= 4 is 17.8 Å². The largest absolute Gasteiger partial charge is 0.469 e. The van der Waals surface area contributed by atoms with E-state index in [1.165, 1.54) is 7.11 Å². The van der Waals surface area contributed by atoms with Crippen molar-refractivity contribution in [2.75, 3.05) is 20.7 Å². The van der Waals surface area contributed by atoms with Gasteiger partial charge in [-0.25, -0.2) is 0 Å². The SMILES string of the molecule is COC(=O)CCCN(C)C(=O)C1CCC(=O)N1. The molecule has 1 rings (SSSR count). The van der Waals surface area contributed by atoms with Gasteiger partial charge in [0.15, 0.2) is 0 Å². The number of esters is 1. The zero-order valence-corrected chi connectivity index (χ0v) is 10.2. The van der Waals surface area contributed by atoms with Crippen molar-refractivity contribution in [2.24, 2.45) is 0 Å². The Balaban J connectivity index is 2.27. The molecule has 6 nitrogen and oxygen atoms in total. The summed E-state index contributed by atoms with van der Waals surface area (Å²) in [6, 6.07) is -0.398. The number of likely N-dealkylation sites (N-methyl/N-ethyl adjacent to an activating group) is 1. The maximum atomic E-state index is 11.8. The molecular formula is C11H18N2O4. The van der Waals surface area contributed by atoms with Crippen LogP contribution < -0.4 is 5.32 Å². The van der Waals surface area contributed by atoms with Crippen LogP contribution in [0.1, 0.15) is 25.7 Å². The summed E-state index contributed by atoms with van der Waals surface area (Å²) in [7, 11) is 3.01. The molecule has 17 heavy (non-hydrogen) atoms. The van der Waals surface area contributed by atoms with Gasteiger partial charge in [0.25, 0.3) is 0 Å². The third kappa shape index (κ3) is 4.05. The number of nitrogens with zero attached hydrogens (tertiary/aromatic N) is 1. The molecule has 1 aliphatic heterocycles. The van der Waals surface area contributed by atoms with E-state index in [1.807, 2.05) is 0 Å². The number of carbonyl (C=O) groups excluding carboxylic acids is 3. The number of amides is 2. The molecule has 0 bridgehead atoms. The summed E-state index contributed by atoms with van der Waals surface area (Å²) >= 11 is 0. The molecule has 1 N–H and O–H groups in total. The van der Waals surface area contributed by atoms with E-state index >= 15 is 0 Å². The molecule has 1 aliphatic rings. The zero-order valence-electron chi connectivity index (χ0n) is 10.2. The molecule has 0 radical (unpaired) electrons. The summed E-state index contributed by atoms with van der Waals surface area (Å²) in [5.74, 6) is -0.452. The van der Waals surface area contributed by atoms with Crippen molar-refractivity contribution in [1.82, 2.24) is 10.2 Å². The molecule has 0 aromatic heterocycles. The van der Waals surface area contributed by atoms with Crippen molar-refractivity contribution in [3.05, 3.63) is 0 Å². The predicted molar refractivity (Wildman–Crippen MR) is 60.1 cm³/mol. The molecular weight excluding hydrogens is 224 g/mol. The van der Waals surface area contributed by atoms with Gasteiger partial charge >= 0.3 is 5.97 Å². The Bertz CT molecular complexity index is 317. The van der Waals surface area contributed by atoms with Gasteiger partial charge in [-0.1, -0.05) is 0 Å². The lowest BCUT2D eigenvalue weighted by molar-refractivity contribution is -0.141. The smallest absolute Gasteiger partial charge is 0.305 e. The fourth-order valence-corrected chi connectivity index (χ4v) is 1.74. The zero-order chi connectivity index (χ0) is 12.8. The molecule has 6 heteroatoms. The minimum atomic E-state index is -0.398. The van der Waals surface area contributed by atoms with E-state index in [2.05, 4.69) is 10.1 Å². The Labute approximate surface area is 100 Å². The molecule has 1 unspecified atom stereocenters. The van der Waals surface area contributed by atoms with Gasteiger partial charge in [-0.05, 0) is 12.8 Å². The van der Waals surface area contributed by atoms with Crippen molar-refractivity contribution in [2.45, 2.75) is 31.7 Å². The molecule has 96 valence electrons. The first-order valence-corrected chi connectivity index (χ1v) is 5.65. The van der Waals surface area contributed by atoms with Gasteiger partial charge in [0.1, 0.15) is 6.04 Å². The maximum absolute atomic E-state index is 11.8. The summed E-state index contributed by atoms with van der Waals surface area (Å²) in [6.07, 6.45) is 1.83. The molecule has 0 aromatic carbocycles. The lowest BCUT2D eigenvalue weighted by Crippen LogP contribution is -2.43. The van der Waals surface area contributed by atoms with E-state index in [0.29, 0.717) is 32.2 Å². The first kappa shape index (κ1) is 13.5. The van der Waals surface area contributed by atoms with Crippen LogP contribution >= 0.6 is 0 Å². The number of methoxy groups -OCH3 is 1. The van der Waals surface area contributed by atoms with Crippen LogP contribution in [-0.4, -0.2) is 49.4 Å². The van der Waals surface area contributed by atoms with Gasteiger partial charge in [0, 0.05) is 26.4 Å². The van der Waals surface area contributed by atoms with Gasteiger partial charge in [0.2, 0.25) is 11.8 Å². The molecule has 1 atom stereocenters. The van der Waals surface area contributed by atoms with Crippen LogP contribution in [0, 0.1) is 0 Å². The van der Waals surface area contributed by atoms with Gasteiger partial charge in [-0.15, -0.1) is 0 Å². The van der Waals surface area contributed by atoms with Gasteiger partial charge in [0.05, 0.1) is 7.11 Å². The predicted octanol–water partition coefficient (Wildman–Crippen LogP) is -0.323. The lowest BCUT2D eigenvalue weighted by Gasteiger charge is -2.20. The van der Waals surface area contributed by atoms with Crippen LogP contribution in [0.5, 0.6) is 0 Å². The Kier molecular flexibility index (Phi) is 4.93. The number of carbonyl (C=O) groups is 3. The van der Waals surface area contributed by atoms with Crippen molar-refractivity contribution in [3.63, 3.8) is 0 Å². The van der Waals surface area contributed by atoms with Crippen LogP contribution in [0.4, 0.5) is 0 Å². The molecule has 0 aromatic rings. The molecule has 2 amide bonds. The summed E-state index contributed by atoms with van der Waals surface area (Å²) < 4.78 is 4.51. The van der Waals surface area contributed by atoms with Gasteiger partial charge < -0.3 is 15.0 Å². The highest BCUT2D eigenvalue weighted by molar-refractivity contribution is 5.90. The fourth-order valence-electron chi connectivity index (χ4n) is 1.74. The third-order valence-corrected chi connectivity index (χ3v) is 2.77. The fraction of sp³-hybridized carbons (Fsp3) is 0.727. The number of hydrogen-bond donors (Lipinski definition) is 1. The Morgan fingerprint density at radius 2 is 2.24 bits per heavy atom. The van der Waals surface area contributed by atoms with Crippen LogP contribution in [0.2, 0.25) is 0 Å². The number of rotatable bonds is 5. The van der Waals surface area contributed by atoms with Crippen LogP contribution in [0.25, 0.3) is 0 Å². The average Bonchev–Trinajstić information content (AvgIpc) is 2.74. The number of hydrogen-bond acceptors (Lipinski definition) is 4. The minimum absolute atomic E-state index is 0.0775. The van der Waals surface area contributed by atoms with Crippen molar-refractivity contribution < 1.29 is 19.1 Å². The van der Waals surface area contributed by atoms with Crippen LogP contribution in [0.3, 0.4) is 0 Å². The molecule has 0 saturated carbocycles. The standard InChI is InChI=1S/C11H18N2O4/c1-13(7-3-4-10(15)17-2)11(16)8-5-6-9(14)12-8/h8H,3-7H2,1-2H3,(H,12,14). The highest BCUT2D eigenvalue weighted by atomic mass is 16.5. The third-order valence-electron chi connectivity index (χ3n) is 2.77. The van der Waals surface area contributed by atoms with E-state index < -0.39 is 6.04 Å². The first-order chi connectivity index (χ1) is 8.04. The topological polar surface area (TPSA) is 75.7 Å². The van der Waals surface area contributed by atoms with Crippen molar-refractivity contribution in [3.8, 4) is 0 Å². The summed E-state index contributed by atoms with van der Waals surface area (Å²) in [5, 5.41) is 2.62. The van der Waals surface area contributed by atoms with Crippen molar-refractivity contribution in [1.29, 1.82) is 0 Å². The quantitative estimate of drug-likeness (QED) is 0.670. The van der Waals surface area contributed by atoms with E-state index in [0.717, 1.165) is 0 Å². The average molecular weight is 242 g/mol. The second-order valence-corrected chi connectivity index (χ2v) is 4.10. The molecule has 1 fully saturated rings. The normalized spacial score (nSPS) is 18.7. The molecule has 1 saturated heterocycles. The van der Waals surface area contributed by atoms with Gasteiger partial charge in [-0.3, -0.25) is 14.4 Å². The van der Waals surface area contributed by atoms with E-state index in [4.69, 9.17) is 0 Å². The number of ether oxygens (including phenoxy) is 1. The summed E-state index contributed by atoms with van der Waals surface area (Å²) in [5.41, 5.74) is 0. The maximum Gasteiger partial charge on any atom is 0.305 e. The molecule has 0 aliphatic carbocycles. The lowest BCUT2D eigenvalue weighted by atomic mass is 10.2. The highest BCUT2D eigenvalue weighted by Crippen LogP contribution is 2.09. The first-order valence-electron chi connectivity index (χ1n) is 5.65. The van der Waals surface area contributed by atoms with E-state index in [1.54, 1.807) is 11.9 Å². The second kappa shape index (κ2) is 6.22. The number of nitrogens with one attached hydrogen (secondary N) is 1. The summed E-state index contributed by atoms with van der Waals surface area (Å²) in [6.45, 7) is 0.486. The Hall–Kier alpha value is -1.59. The summed E-state index contributed by atoms with van der Waals surface area (Å²) in [4.78, 5) is 35.2. The minimum Gasteiger partial charge on any atom is -0.469 e. The van der Waals surface area contributed by atoms with Gasteiger partial charge in [-0.2, -0.15) is 0 Å². The molecule has 0 spiro atoms. The van der Waals surface area contributed by atoms with E-state index in [-0.39, 0.29) is 17.8 Å².